The van der Waals surface area contributed by atoms with E-state index in [4.69, 9.17) is 0 Å². The van der Waals surface area contributed by atoms with Crippen LogP contribution in [0.4, 0.5) is 4.39 Å². The Bertz CT molecular complexity index is 725. The fraction of sp³-hybridized carbons (Fsp3) is 0.214. The van der Waals surface area contributed by atoms with Crippen molar-refractivity contribution in [2.24, 2.45) is 0 Å². The van der Waals surface area contributed by atoms with Gasteiger partial charge >= 0.3 is 5.97 Å². The minimum Gasteiger partial charge on any atom is -0.772 e. The lowest BCUT2D eigenvalue weighted by Crippen LogP contribution is -2.21. The minimum atomic E-state index is -2.41. The van der Waals surface area contributed by atoms with E-state index in [9.17, 15) is 28.2 Å². The number of aromatic nitrogens is 2. The second-order valence-electron chi connectivity index (χ2n) is 4.66. The molecule has 2 N–H and O–H groups in total. The van der Waals surface area contributed by atoms with E-state index in [1.54, 1.807) is 0 Å². The molecule has 3 atom stereocenters. The van der Waals surface area contributed by atoms with Crippen LogP contribution in [0.3, 0.4) is 0 Å². The first-order valence-electron chi connectivity index (χ1n) is 6.42. The highest BCUT2D eigenvalue weighted by Gasteiger charge is 2.30. The molecule has 9 heteroatoms. The van der Waals surface area contributed by atoms with E-state index in [-0.39, 0.29) is 17.1 Å². The molecule has 0 saturated carbocycles. The van der Waals surface area contributed by atoms with E-state index >= 15 is 0 Å². The van der Waals surface area contributed by atoms with Crippen LogP contribution in [0.2, 0.25) is 0 Å². The van der Waals surface area contributed by atoms with Gasteiger partial charge < -0.3 is 14.8 Å². The van der Waals surface area contributed by atoms with Gasteiger partial charge in [-0.05, 0) is 34.8 Å². The van der Waals surface area contributed by atoms with E-state index in [1.165, 1.54) is 24.4 Å². The standard InChI is InChI=1S/C14H13FN2O5S/c15-9-3-1-8(2-4-9)12(14(19)20)13(18)10-5-6-16-11(17-10)7-23(21)22/h1-6,12-13,18H,7H2,(H,19,20)(H,21,22)/p-1. The van der Waals surface area contributed by atoms with Gasteiger partial charge in [0.25, 0.3) is 0 Å². The smallest absolute Gasteiger partial charge is 0.314 e. The van der Waals surface area contributed by atoms with E-state index in [1.807, 2.05) is 0 Å². The number of rotatable bonds is 6. The monoisotopic (exact) mass is 339 g/mol. The predicted molar refractivity (Wildman–Crippen MR) is 76.4 cm³/mol. The normalized spacial score (nSPS) is 14.9. The van der Waals surface area contributed by atoms with E-state index in [0.29, 0.717) is 0 Å². The Morgan fingerprint density at radius 3 is 2.52 bits per heavy atom. The fourth-order valence-corrected chi connectivity index (χ4v) is 2.41. The molecule has 1 heterocycles. The molecule has 1 aromatic carbocycles. The number of nitrogens with zero attached hydrogens (tertiary/aromatic N) is 2. The summed E-state index contributed by atoms with van der Waals surface area (Å²) in [5.74, 6) is -3.74. The first-order valence-corrected chi connectivity index (χ1v) is 7.67. The molecule has 0 bridgehead atoms. The summed E-state index contributed by atoms with van der Waals surface area (Å²) in [5.41, 5.74) is 0.163. The molecule has 2 rings (SSSR count). The lowest BCUT2D eigenvalue weighted by Gasteiger charge is -2.19. The maximum atomic E-state index is 13.0. The van der Waals surface area contributed by atoms with Gasteiger partial charge in [0.15, 0.2) is 0 Å². The quantitative estimate of drug-likeness (QED) is 0.749. The van der Waals surface area contributed by atoms with Crippen molar-refractivity contribution in [2.45, 2.75) is 17.8 Å². The highest BCUT2D eigenvalue weighted by molar-refractivity contribution is 7.78. The summed E-state index contributed by atoms with van der Waals surface area (Å²) in [7, 11) is 0. The Morgan fingerprint density at radius 2 is 1.96 bits per heavy atom. The molecule has 7 nitrogen and oxygen atoms in total. The molecule has 122 valence electrons. The van der Waals surface area contributed by atoms with Crippen LogP contribution in [0.1, 0.15) is 29.1 Å². The third-order valence-corrected chi connectivity index (χ3v) is 3.58. The molecule has 2 aromatic rings. The number of carbonyl (C=O) groups is 1. The topological polar surface area (TPSA) is 123 Å². The maximum absolute atomic E-state index is 13.0. The maximum Gasteiger partial charge on any atom is 0.314 e. The summed E-state index contributed by atoms with van der Waals surface area (Å²) >= 11 is -2.41. The number of aliphatic hydroxyl groups is 1. The fourth-order valence-electron chi connectivity index (χ4n) is 2.06. The first kappa shape index (κ1) is 17.1. The molecule has 0 spiro atoms. The largest absolute Gasteiger partial charge is 0.772 e. The number of benzene rings is 1. The van der Waals surface area contributed by atoms with Crippen LogP contribution in [0, 0.1) is 5.82 Å². The number of aliphatic carboxylic acids is 1. The van der Waals surface area contributed by atoms with E-state index in [2.05, 4.69) is 9.97 Å². The first-order chi connectivity index (χ1) is 10.9. The molecule has 1 aromatic heterocycles. The number of halogens is 1. The average molecular weight is 339 g/mol. The van der Waals surface area contributed by atoms with E-state index in [0.717, 1.165) is 12.1 Å². The van der Waals surface area contributed by atoms with Crippen molar-refractivity contribution in [1.29, 1.82) is 0 Å². The van der Waals surface area contributed by atoms with Gasteiger partial charge in [0, 0.05) is 6.20 Å². The van der Waals surface area contributed by atoms with Crippen molar-refractivity contribution in [3.8, 4) is 0 Å². The van der Waals surface area contributed by atoms with Crippen LogP contribution >= 0.6 is 0 Å². The molecule has 0 radical (unpaired) electrons. The summed E-state index contributed by atoms with van der Waals surface area (Å²) in [6, 6.07) is 5.98. The third-order valence-electron chi connectivity index (χ3n) is 3.09. The molecule has 0 aliphatic carbocycles. The zero-order chi connectivity index (χ0) is 17.0. The Hall–Kier alpha value is -2.23. The van der Waals surface area contributed by atoms with Gasteiger partial charge in [-0.3, -0.25) is 9.00 Å². The van der Waals surface area contributed by atoms with Crippen molar-refractivity contribution in [3.63, 3.8) is 0 Å². The van der Waals surface area contributed by atoms with Gasteiger partial charge in [-0.25, -0.2) is 14.4 Å². The number of carboxylic acid groups (broad SMARTS) is 1. The Morgan fingerprint density at radius 1 is 1.30 bits per heavy atom. The van der Waals surface area contributed by atoms with Gasteiger partial charge in [0.2, 0.25) is 0 Å². The molecular weight excluding hydrogens is 327 g/mol. The van der Waals surface area contributed by atoms with E-state index < -0.39 is 40.6 Å². The average Bonchev–Trinajstić information content (AvgIpc) is 2.48. The number of hydrogen-bond acceptors (Lipinski definition) is 6. The zero-order valence-electron chi connectivity index (χ0n) is 11.6. The van der Waals surface area contributed by atoms with Crippen molar-refractivity contribution < 1.29 is 28.2 Å². The van der Waals surface area contributed by atoms with Gasteiger partial charge in [0.05, 0.1) is 11.4 Å². The number of hydrogen-bond donors (Lipinski definition) is 2. The lowest BCUT2D eigenvalue weighted by atomic mass is 9.91. The van der Waals surface area contributed by atoms with Crippen molar-refractivity contribution >= 4 is 17.0 Å². The Balaban J connectivity index is 2.34. The summed E-state index contributed by atoms with van der Waals surface area (Å²) in [6.07, 6.45) is -0.308. The van der Waals surface area contributed by atoms with Gasteiger partial charge in [0.1, 0.15) is 23.7 Å². The second-order valence-corrected chi connectivity index (χ2v) is 5.55. The molecule has 0 fully saturated rings. The highest BCUT2D eigenvalue weighted by Crippen LogP contribution is 2.30. The highest BCUT2D eigenvalue weighted by atomic mass is 32.2. The Labute approximate surface area is 133 Å². The van der Waals surface area contributed by atoms with Crippen molar-refractivity contribution in [1.82, 2.24) is 9.97 Å². The number of aliphatic hydroxyl groups excluding tert-OH is 1. The Kier molecular flexibility index (Phi) is 5.48. The molecule has 0 aliphatic heterocycles. The summed E-state index contributed by atoms with van der Waals surface area (Å²) < 4.78 is 34.3. The molecular formula is C14H12FN2O5S-. The van der Waals surface area contributed by atoms with Crippen LogP contribution in [-0.2, 0) is 21.6 Å². The summed E-state index contributed by atoms with van der Waals surface area (Å²) in [6.45, 7) is 0. The second kappa shape index (κ2) is 7.36. The van der Waals surface area contributed by atoms with Crippen LogP contribution in [-0.4, -0.2) is 34.9 Å². The molecule has 23 heavy (non-hydrogen) atoms. The van der Waals surface area contributed by atoms with Crippen LogP contribution < -0.4 is 0 Å². The lowest BCUT2D eigenvalue weighted by molar-refractivity contribution is -0.141. The SMILES string of the molecule is O=C(O)C(c1ccc(F)cc1)C(O)c1ccnc(CS(=O)[O-])n1. The molecule has 0 saturated heterocycles. The molecule has 0 aliphatic rings. The molecule has 3 unspecified atom stereocenters. The van der Waals surface area contributed by atoms with Crippen LogP contribution in [0.25, 0.3) is 0 Å². The minimum absolute atomic E-state index is 0.0304. The van der Waals surface area contributed by atoms with Crippen molar-refractivity contribution in [2.75, 3.05) is 0 Å². The van der Waals surface area contributed by atoms with Crippen molar-refractivity contribution in [3.05, 3.63) is 59.4 Å². The van der Waals surface area contributed by atoms with Crippen LogP contribution in [0.5, 0.6) is 0 Å². The molecule has 0 amide bonds. The van der Waals surface area contributed by atoms with Gasteiger partial charge in [-0.2, -0.15) is 0 Å². The zero-order valence-corrected chi connectivity index (χ0v) is 12.4. The summed E-state index contributed by atoms with van der Waals surface area (Å²) in [5, 5.41) is 19.7. The summed E-state index contributed by atoms with van der Waals surface area (Å²) in [4.78, 5) is 19.1. The van der Waals surface area contributed by atoms with Gasteiger partial charge in [-0.15, -0.1) is 0 Å². The number of carboxylic acids is 1. The predicted octanol–water partition coefficient (Wildman–Crippen LogP) is 0.897. The van der Waals surface area contributed by atoms with Gasteiger partial charge in [-0.1, -0.05) is 12.1 Å². The third kappa shape index (κ3) is 4.38. The van der Waals surface area contributed by atoms with Crippen LogP contribution in [0.15, 0.2) is 36.5 Å².